The molecule has 0 bridgehead atoms. The second kappa shape index (κ2) is 4.42. The van der Waals surface area contributed by atoms with E-state index in [1.54, 1.807) is 4.68 Å². The van der Waals surface area contributed by atoms with E-state index in [4.69, 9.17) is 5.73 Å². The average molecular weight is 255 g/mol. The first-order valence-electron chi connectivity index (χ1n) is 6.33. The summed E-state index contributed by atoms with van der Waals surface area (Å²) in [5.41, 5.74) is 9.12. The molecule has 1 aliphatic carbocycles. The number of aromatic nitrogens is 4. The SMILES string of the molecule is Cc1c(-c2cnn(C)c2)nn(C2C=CC=CC2)c1N. The molecule has 3 rings (SSSR count). The summed E-state index contributed by atoms with van der Waals surface area (Å²) in [6, 6.07) is 0.203. The van der Waals surface area contributed by atoms with Crippen molar-refractivity contribution in [2.45, 2.75) is 19.4 Å². The van der Waals surface area contributed by atoms with E-state index in [2.05, 4.69) is 22.3 Å². The summed E-state index contributed by atoms with van der Waals surface area (Å²) in [6.07, 6.45) is 13.0. The van der Waals surface area contributed by atoms with Crippen molar-refractivity contribution in [1.29, 1.82) is 0 Å². The van der Waals surface area contributed by atoms with E-state index in [-0.39, 0.29) is 6.04 Å². The molecule has 0 saturated carbocycles. The van der Waals surface area contributed by atoms with Gasteiger partial charge in [-0.05, 0) is 13.3 Å². The van der Waals surface area contributed by atoms with Crippen molar-refractivity contribution < 1.29 is 0 Å². The number of allylic oxidation sites excluding steroid dienone is 4. The van der Waals surface area contributed by atoms with Gasteiger partial charge in [0.05, 0.1) is 12.2 Å². The van der Waals surface area contributed by atoms with Gasteiger partial charge in [0.25, 0.3) is 0 Å². The molecule has 5 nitrogen and oxygen atoms in total. The molecule has 2 aromatic heterocycles. The molecule has 0 saturated heterocycles. The van der Waals surface area contributed by atoms with Crippen LogP contribution in [0.2, 0.25) is 0 Å². The number of hydrogen-bond acceptors (Lipinski definition) is 3. The van der Waals surface area contributed by atoms with E-state index >= 15 is 0 Å². The Balaban J connectivity index is 2.04. The van der Waals surface area contributed by atoms with Crippen LogP contribution in [0.4, 0.5) is 5.82 Å². The molecule has 0 aromatic carbocycles. The third kappa shape index (κ3) is 1.97. The lowest BCUT2D eigenvalue weighted by atomic mass is 10.1. The Kier molecular flexibility index (Phi) is 2.74. The van der Waals surface area contributed by atoms with Gasteiger partial charge in [0, 0.05) is 24.4 Å². The summed E-state index contributed by atoms with van der Waals surface area (Å²) in [6.45, 7) is 2.00. The highest BCUT2D eigenvalue weighted by molar-refractivity contribution is 5.66. The molecule has 1 atom stereocenters. The average Bonchev–Trinajstić information content (AvgIpc) is 2.97. The van der Waals surface area contributed by atoms with Gasteiger partial charge in [-0.15, -0.1) is 0 Å². The van der Waals surface area contributed by atoms with E-state index in [0.29, 0.717) is 0 Å². The van der Waals surface area contributed by atoms with Crippen molar-refractivity contribution in [1.82, 2.24) is 19.6 Å². The van der Waals surface area contributed by atoms with Crippen molar-refractivity contribution in [2.75, 3.05) is 5.73 Å². The minimum atomic E-state index is 0.203. The van der Waals surface area contributed by atoms with Gasteiger partial charge in [0.15, 0.2) is 0 Å². The lowest BCUT2D eigenvalue weighted by Gasteiger charge is -2.15. The van der Waals surface area contributed by atoms with Crippen LogP contribution >= 0.6 is 0 Å². The maximum absolute atomic E-state index is 6.19. The van der Waals surface area contributed by atoms with Crippen LogP contribution in [0.15, 0.2) is 36.7 Å². The van der Waals surface area contributed by atoms with Gasteiger partial charge < -0.3 is 5.73 Å². The zero-order valence-electron chi connectivity index (χ0n) is 11.1. The predicted molar refractivity (Wildman–Crippen MR) is 75.5 cm³/mol. The van der Waals surface area contributed by atoms with Gasteiger partial charge >= 0.3 is 0 Å². The molecule has 2 N–H and O–H groups in total. The minimum absolute atomic E-state index is 0.203. The van der Waals surface area contributed by atoms with Crippen LogP contribution in [0.1, 0.15) is 18.0 Å². The molecule has 5 heteroatoms. The predicted octanol–water partition coefficient (Wildman–Crippen LogP) is 2.23. The number of rotatable bonds is 2. The molecule has 0 radical (unpaired) electrons. The molecular weight excluding hydrogens is 238 g/mol. The van der Waals surface area contributed by atoms with Gasteiger partial charge in [-0.1, -0.05) is 24.3 Å². The molecule has 1 unspecified atom stereocenters. The van der Waals surface area contributed by atoms with E-state index in [0.717, 1.165) is 29.1 Å². The number of hydrogen-bond donors (Lipinski definition) is 1. The van der Waals surface area contributed by atoms with Crippen LogP contribution < -0.4 is 5.73 Å². The molecule has 2 aromatic rings. The fraction of sp³-hybridized carbons (Fsp3) is 0.286. The molecule has 0 aliphatic heterocycles. The standard InChI is InChI=1S/C14H17N5/c1-10-13(11-8-16-18(2)9-11)17-19(14(10)15)12-6-4-3-5-7-12/h3-6,8-9,12H,7,15H2,1-2H3. The second-order valence-corrected chi connectivity index (χ2v) is 4.82. The lowest BCUT2D eigenvalue weighted by molar-refractivity contribution is 0.550. The van der Waals surface area contributed by atoms with Gasteiger partial charge in [-0.3, -0.25) is 4.68 Å². The maximum atomic E-state index is 6.19. The van der Waals surface area contributed by atoms with Crippen LogP contribution in [0.25, 0.3) is 11.3 Å². The summed E-state index contributed by atoms with van der Waals surface area (Å²) in [5, 5.41) is 8.86. The number of anilines is 1. The quantitative estimate of drug-likeness (QED) is 0.895. The Morgan fingerprint density at radius 1 is 1.37 bits per heavy atom. The molecule has 0 amide bonds. The fourth-order valence-electron chi connectivity index (χ4n) is 2.35. The Morgan fingerprint density at radius 2 is 2.21 bits per heavy atom. The van der Waals surface area contributed by atoms with Crippen molar-refractivity contribution in [3.8, 4) is 11.3 Å². The van der Waals surface area contributed by atoms with E-state index in [1.165, 1.54) is 0 Å². The smallest absolute Gasteiger partial charge is 0.125 e. The van der Waals surface area contributed by atoms with E-state index in [1.807, 2.05) is 43.2 Å². The molecule has 98 valence electrons. The third-order valence-corrected chi connectivity index (χ3v) is 3.44. The monoisotopic (exact) mass is 255 g/mol. The van der Waals surface area contributed by atoms with Gasteiger partial charge in [0.2, 0.25) is 0 Å². The Morgan fingerprint density at radius 3 is 2.84 bits per heavy atom. The topological polar surface area (TPSA) is 61.7 Å². The van der Waals surface area contributed by atoms with Crippen LogP contribution in [0.5, 0.6) is 0 Å². The third-order valence-electron chi connectivity index (χ3n) is 3.44. The first-order valence-corrected chi connectivity index (χ1v) is 6.33. The molecule has 19 heavy (non-hydrogen) atoms. The summed E-state index contributed by atoms with van der Waals surface area (Å²) in [5.74, 6) is 0.726. The maximum Gasteiger partial charge on any atom is 0.125 e. The number of nitrogens with two attached hydrogens (primary N) is 1. The van der Waals surface area contributed by atoms with Crippen molar-refractivity contribution in [3.63, 3.8) is 0 Å². The van der Waals surface area contributed by atoms with Gasteiger partial charge in [-0.25, -0.2) is 4.68 Å². The zero-order chi connectivity index (χ0) is 13.4. The highest BCUT2D eigenvalue weighted by atomic mass is 15.3. The summed E-state index contributed by atoms with van der Waals surface area (Å²) in [7, 11) is 1.90. The Hall–Kier alpha value is -2.30. The fourth-order valence-corrected chi connectivity index (χ4v) is 2.35. The highest BCUT2D eigenvalue weighted by Crippen LogP contribution is 2.30. The normalized spacial score (nSPS) is 18.1. The Bertz CT molecular complexity index is 659. The summed E-state index contributed by atoms with van der Waals surface area (Å²) < 4.78 is 3.67. The largest absolute Gasteiger partial charge is 0.384 e. The first-order chi connectivity index (χ1) is 9.16. The number of nitrogen functional groups attached to an aromatic ring is 1. The van der Waals surface area contributed by atoms with Crippen LogP contribution in [-0.4, -0.2) is 19.6 Å². The lowest BCUT2D eigenvalue weighted by Crippen LogP contribution is -2.12. The second-order valence-electron chi connectivity index (χ2n) is 4.82. The number of aryl methyl sites for hydroxylation is 1. The zero-order valence-corrected chi connectivity index (χ0v) is 11.1. The molecule has 2 heterocycles. The Labute approximate surface area is 112 Å². The summed E-state index contributed by atoms with van der Waals surface area (Å²) in [4.78, 5) is 0. The highest BCUT2D eigenvalue weighted by Gasteiger charge is 2.19. The van der Waals surface area contributed by atoms with Crippen molar-refractivity contribution >= 4 is 5.82 Å². The van der Waals surface area contributed by atoms with Gasteiger partial charge in [0.1, 0.15) is 11.5 Å². The van der Waals surface area contributed by atoms with Crippen LogP contribution in [0, 0.1) is 6.92 Å². The molecule has 1 aliphatic rings. The molecule has 0 spiro atoms. The van der Waals surface area contributed by atoms with Gasteiger partial charge in [-0.2, -0.15) is 10.2 Å². The molecular formula is C14H17N5. The van der Waals surface area contributed by atoms with Crippen molar-refractivity contribution in [3.05, 3.63) is 42.3 Å². The van der Waals surface area contributed by atoms with E-state index in [9.17, 15) is 0 Å². The van der Waals surface area contributed by atoms with Crippen LogP contribution in [0.3, 0.4) is 0 Å². The first kappa shape index (κ1) is 11.8. The molecule has 0 fully saturated rings. The summed E-state index contributed by atoms with van der Waals surface area (Å²) >= 11 is 0. The van der Waals surface area contributed by atoms with Crippen LogP contribution in [-0.2, 0) is 7.05 Å². The van der Waals surface area contributed by atoms with E-state index < -0.39 is 0 Å². The number of nitrogens with zero attached hydrogens (tertiary/aromatic N) is 4. The minimum Gasteiger partial charge on any atom is -0.384 e. The van der Waals surface area contributed by atoms with Crippen molar-refractivity contribution in [2.24, 2.45) is 7.05 Å².